The number of carbonyl (C=O) groups is 3. The van der Waals surface area contributed by atoms with Crippen LogP contribution in [0, 0.1) is 17.7 Å². The van der Waals surface area contributed by atoms with Crippen LogP contribution in [0.5, 0.6) is 5.75 Å². The van der Waals surface area contributed by atoms with Gasteiger partial charge in [0.15, 0.2) is 6.10 Å². The maximum atomic E-state index is 15.5. The van der Waals surface area contributed by atoms with E-state index in [1.165, 1.54) is 32.8 Å². The molecule has 1 saturated carbocycles. The zero-order chi connectivity index (χ0) is 46.4. The zero-order valence-corrected chi connectivity index (χ0v) is 39.6. The van der Waals surface area contributed by atoms with E-state index in [0.29, 0.717) is 61.5 Å². The highest BCUT2D eigenvalue weighted by Crippen LogP contribution is 2.65. The van der Waals surface area contributed by atoms with E-state index in [4.69, 9.17) is 18.9 Å². The van der Waals surface area contributed by atoms with E-state index < -0.39 is 52.4 Å². The molecule has 2 bridgehead atoms. The molecular weight excluding hydrogens is 860 g/mol. The molecule has 2 N–H and O–H groups in total. The molecule has 1 aliphatic carbocycles. The predicted molar refractivity (Wildman–Crippen MR) is 250 cm³/mol. The number of methoxy groups -OCH3 is 3. The second-order valence-electron chi connectivity index (χ2n) is 19.1. The normalized spacial score (nSPS) is 30.8. The Labute approximate surface area is 389 Å². The molecule has 1 spiro atoms. The number of carbonyl (C=O) groups excluding carboxylic acids is 3. The van der Waals surface area contributed by atoms with Crippen LogP contribution in [-0.2, 0) is 51.7 Å². The number of anilines is 1. The van der Waals surface area contributed by atoms with Gasteiger partial charge in [0, 0.05) is 102 Å². The Morgan fingerprint density at radius 3 is 2.48 bits per heavy atom. The van der Waals surface area contributed by atoms with Crippen LogP contribution in [0.3, 0.4) is 0 Å². The predicted octanol–water partition coefficient (Wildman–Crippen LogP) is 7.19. The summed E-state index contributed by atoms with van der Waals surface area (Å²) in [6.45, 7) is 8.98. The third-order valence-electron chi connectivity index (χ3n) is 16.0. The standard InChI is InChI=1S/C52H59FN4O8S/c1-8-30-20-31-24-51(48(59)63-6,44-36(27-56(25-30)26-31)35-21-34(14-15-40(35)54-44)66-28-33-12-10-11-13-39(33)53)38-22-37-41(23-42(38)62-5)55(4)47-50(37)17-19-57-18-16-32(9-2)43(45(50)57)46(65-29(3)58)52(47,61)49(60)64-7/h10-16,20-23,31,43,45-47,54,61H,8-9,17-19,24-28H2,1-7H3/t31-,43?,45+,46-,47-,50-,51+,52-/m1/s1. The third-order valence-corrected chi connectivity index (χ3v) is 17.0. The highest BCUT2D eigenvalue weighted by Gasteiger charge is 2.77. The van der Waals surface area contributed by atoms with Gasteiger partial charge in [-0.3, -0.25) is 19.4 Å². The lowest BCUT2D eigenvalue weighted by Gasteiger charge is -2.59. The quantitative estimate of drug-likeness (QED) is 0.0723. The minimum absolute atomic E-state index is 0.0312. The van der Waals surface area contributed by atoms with Gasteiger partial charge in [-0.25, -0.2) is 9.18 Å². The Kier molecular flexibility index (Phi) is 11.2. The molecule has 2 unspecified atom stereocenters. The van der Waals surface area contributed by atoms with Gasteiger partial charge in [0.1, 0.15) is 17.0 Å². The van der Waals surface area contributed by atoms with E-state index in [2.05, 4.69) is 52.9 Å². The number of rotatable bonds is 10. The molecule has 0 amide bonds. The van der Waals surface area contributed by atoms with Crippen LogP contribution in [0.4, 0.5) is 10.1 Å². The van der Waals surface area contributed by atoms with Crippen molar-refractivity contribution in [3.63, 3.8) is 0 Å². The summed E-state index contributed by atoms with van der Waals surface area (Å²) in [6.07, 6.45) is 5.71. The summed E-state index contributed by atoms with van der Waals surface area (Å²) >= 11 is 1.57. The molecule has 66 heavy (non-hydrogen) atoms. The molecule has 2 fully saturated rings. The van der Waals surface area contributed by atoms with Crippen molar-refractivity contribution >= 4 is 46.3 Å². The van der Waals surface area contributed by atoms with Gasteiger partial charge >= 0.3 is 17.9 Å². The molecule has 3 aromatic carbocycles. The number of hydrogen-bond acceptors (Lipinski definition) is 12. The molecule has 348 valence electrons. The first-order chi connectivity index (χ1) is 31.8. The number of halogens is 1. The number of likely N-dealkylation sites (N-methyl/N-ethyl adjacent to an activating group) is 1. The number of aliphatic hydroxyl groups is 1. The van der Waals surface area contributed by atoms with Crippen LogP contribution in [0.2, 0.25) is 0 Å². The largest absolute Gasteiger partial charge is 0.496 e. The van der Waals surface area contributed by atoms with Crippen LogP contribution >= 0.6 is 11.8 Å². The minimum Gasteiger partial charge on any atom is -0.496 e. The van der Waals surface area contributed by atoms with E-state index in [0.717, 1.165) is 63.4 Å². The van der Waals surface area contributed by atoms with Gasteiger partial charge in [0.05, 0.1) is 27.4 Å². The van der Waals surface area contributed by atoms with Crippen LogP contribution < -0.4 is 9.64 Å². The second kappa shape index (κ2) is 16.6. The van der Waals surface area contributed by atoms with Crippen LogP contribution in [0.25, 0.3) is 10.9 Å². The maximum Gasteiger partial charge on any atom is 0.344 e. The second-order valence-corrected chi connectivity index (χ2v) is 20.1. The number of H-pyrrole nitrogens is 1. The Balaban J connectivity index is 1.22. The zero-order valence-electron chi connectivity index (χ0n) is 38.7. The Morgan fingerprint density at radius 1 is 0.985 bits per heavy atom. The number of hydrogen-bond donors (Lipinski definition) is 2. The average molecular weight is 919 g/mol. The van der Waals surface area contributed by atoms with E-state index in [9.17, 15) is 19.1 Å². The molecule has 9 atom stereocenters. The molecule has 5 aliphatic heterocycles. The van der Waals surface area contributed by atoms with Gasteiger partial charge < -0.3 is 33.9 Å². The molecule has 1 saturated heterocycles. The minimum atomic E-state index is -2.29. The number of benzene rings is 3. The number of aromatic amines is 1. The summed E-state index contributed by atoms with van der Waals surface area (Å²) in [4.78, 5) is 54.5. The summed E-state index contributed by atoms with van der Waals surface area (Å²) in [5, 5.41) is 14.3. The van der Waals surface area contributed by atoms with Crippen molar-refractivity contribution in [3.8, 4) is 5.75 Å². The number of nitrogens with one attached hydrogen (secondary N) is 1. The van der Waals surface area contributed by atoms with Crippen LogP contribution in [0.1, 0.15) is 74.4 Å². The molecule has 6 aliphatic rings. The van der Waals surface area contributed by atoms with Gasteiger partial charge in [-0.15, -0.1) is 11.8 Å². The van der Waals surface area contributed by atoms with Crippen LogP contribution in [0.15, 0.2) is 82.8 Å². The summed E-state index contributed by atoms with van der Waals surface area (Å²) in [5.41, 5.74) is 3.17. The van der Waals surface area contributed by atoms with Gasteiger partial charge in [-0.2, -0.15) is 0 Å². The molecule has 14 heteroatoms. The SMILES string of the molecule is CCC1=C[C@H]2CN(C1)Cc1c([nH]c3ccc(SCc4ccccc4F)cc13)[C@@](C(=O)OC)(c1cc3c(cc1OC)N(C)[C@H]1[C@@](O)(C(=O)OC)[C@H](OC(C)=O)C4C(CC)=CCN5CC[C@]31[C@H]45)C2. The number of ether oxygens (including phenoxy) is 4. The number of esters is 3. The van der Waals surface area contributed by atoms with Gasteiger partial charge in [0.25, 0.3) is 0 Å². The molecule has 6 heterocycles. The fourth-order valence-corrected chi connectivity index (χ4v) is 14.4. The molecule has 12 nitrogen and oxygen atoms in total. The molecule has 1 aromatic heterocycles. The van der Waals surface area contributed by atoms with Gasteiger partial charge in [-0.1, -0.05) is 55.3 Å². The van der Waals surface area contributed by atoms with E-state index in [1.807, 2.05) is 42.3 Å². The first-order valence-electron chi connectivity index (χ1n) is 23.2. The number of aromatic nitrogens is 1. The summed E-state index contributed by atoms with van der Waals surface area (Å²) in [7, 11) is 6.18. The van der Waals surface area contributed by atoms with Gasteiger partial charge in [-0.05, 0) is 85.2 Å². The van der Waals surface area contributed by atoms with Crippen molar-refractivity contribution in [1.82, 2.24) is 14.8 Å². The van der Waals surface area contributed by atoms with Crippen molar-refractivity contribution < 1.29 is 42.8 Å². The fraction of sp³-hybridized carbons (Fsp3) is 0.481. The smallest absolute Gasteiger partial charge is 0.344 e. The highest BCUT2D eigenvalue weighted by atomic mass is 32.2. The van der Waals surface area contributed by atoms with E-state index >= 15 is 4.79 Å². The maximum absolute atomic E-state index is 15.5. The monoisotopic (exact) mass is 918 g/mol. The lowest BCUT2D eigenvalue weighted by Crippen LogP contribution is -2.78. The Hall–Kier alpha value is -5.15. The summed E-state index contributed by atoms with van der Waals surface area (Å²) < 4.78 is 38.8. The first kappa shape index (κ1) is 44.7. The lowest BCUT2D eigenvalue weighted by atomic mass is 9.52. The topological polar surface area (TPSA) is 134 Å². The van der Waals surface area contributed by atoms with Crippen molar-refractivity contribution in [2.45, 2.75) is 98.3 Å². The number of fused-ring (bicyclic) bond motifs is 6. The Morgan fingerprint density at radius 2 is 1.77 bits per heavy atom. The van der Waals surface area contributed by atoms with E-state index in [-0.39, 0.29) is 17.8 Å². The van der Waals surface area contributed by atoms with E-state index in [1.54, 1.807) is 24.9 Å². The summed E-state index contributed by atoms with van der Waals surface area (Å²) in [5.74, 6) is -1.79. The van der Waals surface area contributed by atoms with Crippen molar-refractivity contribution in [3.05, 3.63) is 112 Å². The number of nitrogens with zero attached hydrogens (tertiary/aromatic N) is 3. The first-order valence-corrected chi connectivity index (χ1v) is 24.2. The Bertz CT molecular complexity index is 2720. The average Bonchev–Trinajstić information content (AvgIpc) is 3.96. The molecule has 0 radical (unpaired) electrons. The molecule has 10 rings (SSSR count). The lowest BCUT2D eigenvalue weighted by molar-refractivity contribution is -0.212. The van der Waals surface area contributed by atoms with Crippen molar-refractivity contribution in [1.29, 1.82) is 0 Å². The van der Waals surface area contributed by atoms with Crippen molar-refractivity contribution in [2.75, 3.05) is 59.5 Å². The molecular formula is C52H59FN4O8S. The number of thioether (sulfide) groups is 1. The summed E-state index contributed by atoms with van der Waals surface area (Å²) in [6, 6.07) is 16.0. The molecule has 4 aromatic rings. The van der Waals surface area contributed by atoms with Crippen molar-refractivity contribution in [2.24, 2.45) is 11.8 Å². The van der Waals surface area contributed by atoms with Crippen LogP contribution in [-0.4, -0.2) is 116 Å². The highest BCUT2D eigenvalue weighted by molar-refractivity contribution is 7.98. The van der Waals surface area contributed by atoms with Gasteiger partial charge in [0.2, 0.25) is 5.60 Å². The fourth-order valence-electron chi connectivity index (χ4n) is 13.5. The third kappa shape index (κ3) is 6.37.